The van der Waals surface area contributed by atoms with E-state index >= 15 is 0 Å². The first-order chi connectivity index (χ1) is 9.95. The summed E-state index contributed by atoms with van der Waals surface area (Å²) in [5.41, 5.74) is 7.45. The van der Waals surface area contributed by atoms with E-state index in [2.05, 4.69) is 4.98 Å². The Morgan fingerprint density at radius 3 is 2.43 bits per heavy atom. The zero-order valence-electron chi connectivity index (χ0n) is 10.9. The van der Waals surface area contributed by atoms with Crippen LogP contribution in [0.4, 0.5) is 18.9 Å². The van der Waals surface area contributed by atoms with Crippen molar-refractivity contribution in [2.75, 3.05) is 5.73 Å². The van der Waals surface area contributed by atoms with E-state index in [1.807, 2.05) is 6.07 Å². The summed E-state index contributed by atoms with van der Waals surface area (Å²) < 4.78 is 40.7. The van der Waals surface area contributed by atoms with Gasteiger partial charge in [-0.3, -0.25) is 0 Å². The van der Waals surface area contributed by atoms with Crippen molar-refractivity contribution in [3.63, 3.8) is 0 Å². The van der Waals surface area contributed by atoms with Crippen LogP contribution in [0.5, 0.6) is 0 Å². The molecule has 0 saturated carbocycles. The number of benzene rings is 2. The van der Waals surface area contributed by atoms with Crippen LogP contribution in [-0.4, -0.2) is 9.55 Å². The third-order valence-electron chi connectivity index (χ3n) is 3.21. The summed E-state index contributed by atoms with van der Waals surface area (Å²) in [6.07, 6.45) is -4.51. The first kappa shape index (κ1) is 13.5. The van der Waals surface area contributed by atoms with Gasteiger partial charge in [-0.15, -0.1) is 0 Å². The number of hydrogen-bond donors (Lipinski definition) is 1. The summed E-state index contributed by atoms with van der Waals surface area (Å²) in [6.45, 7) is 0.107. The minimum absolute atomic E-state index is 0.107. The van der Waals surface area contributed by atoms with Crippen LogP contribution >= 0.6 is 0 Å². The molecule has 1 heterocycles. The highest BCUT2D eigenvalue weighted by Crippen LogP contribution is 2.32. The summed E-state index contributed by atoms with van der Waals surface area (Å²) in [4.78, 5) is 3.70. The minimum Gasteiger partial charge on any atom is -0.399 e. The van der Waals surface area contributed by atoms with E-state index in [1.54, 1.807) is 36.4 Å². The number of halogens is 3. The Balaban J connectivity index is 2.18. The number of hydrogen-bond acceptors (Lipinski definition) is 2. The van der Waals surface area contributed by atoms with Gasteiger partial charge in [-0.25, -0.2) is 4.98 Å². The average Bonchev–Trinajstić information content (AvgIpc) is 2.78. The number of nitrogens with two attached hydrogens (primary N) is 1. The molecule has 0 spiro atoms. The summed E-state index contributed by atoms with van der Waals surface area (Å²) in [5.74, 6) is -0.910. The van der Waals surface area contributed by atoms with Gasteiger partial charge in [-0.2, -0.15) is 13.2 Å². The molecule has 3 nitrogen and oxygen atoms in total. The van der Waals surface area contributed by atoms with Gasteiger partial charge in [0.1, 0.15) is 0 Å². The van der Waals surface area contributed by atoms with Gasteiger partial charge in [0.2, 0.25) is 5.82 Å². The van der Waals surface area contributed by atoms with E-state index in [0.29, 0.717) is 11.2 Å². The van der Waals surface area contributed by atoms with E-state index in [-0.39, 0.29) is 12.1 Å². The van der Waals surface area contributed by atoms with Gasteiger partial charge in [0, 0.05) is 12.2 Å². The van der Waals surface area contributed by atoms with Crippen molar-refractivity contribution in [3.05, 3.63) is 59.9 Å². The van der Waals surface area contributed by atoms with Gasteiger partial charge >= 0.3 is 6.18 Å². The predicted molar refractivity (Wildman–Crippen MR) is 74.7 cm³/mol. The first-order valence-corrected chi connectivity index (χ1v) is 6.32. The van der Waals surface area contributed by atoms with E-state index in [1.165, 1.54) is 10.6 Å². The Kier molecular flexibility index (Phi) is 3.08. The second-order valence-corrected chi connectivity index (χ2v) is 4.75. The molecule has 0 bridgehead atoms. The Hall–Kier alpha value is -2.50. The smallest absolute Gasteiger partial charge is 0.399 e. The largest absolute Gasteiger partial charge is 0.449 e. The molecule has 21 heavy (non-hydrogen) atoms. The van der Waals surface area contributed by atoms with Crippen molar-refractivity contribution >= 4 is 16.7 Å². The van der Waals surface area contributed by atoms with Crippen molar-refractivity contribution in [2.45, 2.75) is 12.7 Å². The highest BCUT2D eigenvalue weighted by atomic mass is 19.4. The lowest BCUT2D eigenvalue weighted by Gasteiger charge is -2.11. The zero-order valence-corrected chi connectivity index (χ0v) is 10.9. The predicted octanol–water partition coefficient (Wildman–Crippen LogP) is 3.69. The standard InChI is InChI=1S/C15H12F3N3/c16-15(17,18)14-20-12-8-11(19)6-7-13(12)21(14)9-10-4-2-1-3-5-10/h1-8H,9,19H2. The van der Waals surface area contributed by atoms with E-state index in [9.17, 15) is 13.2 Å². The lowest BCUT2D eigenvalue weighted by molar-refractivity contribution is -0.146. The molecule has 0 saturated heterocycles. The van der Waals surface area contributed by atoms with Crippen molar-refractivity contribution in [3.8, 4) is 0 Å². The highest BCUT2D eigenvalue weighted by Gasteiger charge is 2.37. The fourth-order valence-electron chi connectivity index (χ4n) is 2.29. The maximum Gasteiger partial charge on any atom is 0.449 e. The van der Waals surface area contributed by atoms with Crippen LogP contribution in [-0.2, 0) is 12.7 Å². The van der Waals surface area contributed by atoms with Crippen LogP contribution in [0.15, 0.2) is 48.5 Å². The first-order valence-electron chi connectivity index (χ1n) is 6.32. The molecular weight excluding hydrogens is 279 g/mol. The average molecular weight is 291 g/mol. The molecule has 108 valence electrons. The van der Waals surface area contributed by atoms with Gasteiger partial charge in [0.15, 0.2) is 0 Å². The van der Waals surface area contributed by atoms with Gasteiger partial charge in [-0.1, -0.05) is 30.3 Å². The SMILES string of the molecule is Nc1ccc2c(c1)nc(C(F)(F)F)n2Cc1ccccc1. The van der Waals surface area contributed by atoms with Gasteiger partial charge < -0.3 is 10.3 Å². The number of alkyl halides is 3. The lowest BCUT2D eigenvalue weighted by atomic mass is 10.2. The van der Waals surface area contributed by atoms with Crippen LogP contribution in [0.3, 0.4) is 0 Å². The summed E-state index contributed by atoms with van der Waals surface area (Å²) in [5, 5.41) is 0. The number of fused-ring (bicyclic) bond motifs is 1. The molecule has 2 aromatic carbocycles. The number of nitrogen functional groups attached to an aromatic ring is 1. The molecule has 0 radical (unpaired) electrons. The van der Waals surface area contributed by atoms with Crippen LogP contribution in [0.25, 0.3) is 11.0 Å². The zero-order chi connectivity index (χ0) is 15.0. The maximum absolute atomic E-state index is 13.2. The third-order valence-corrected chi connectivity index (χ3v) is 3.21. The number of anilines is 1. The molecule has 0 atom stereocenters. The van der Waals surface area contributed by atoms with Crippen LogP contribution in [0.1, 0.15) is 11.4 Å². The summed E-state index contributed by atoms with van der Waals surface area (Å²) in [6, 6.07) is 13.6. The number of rotatable bonds is 2. The Bertz CT molecular complexity index is 776. The molecule has 6 heteroatoms. The molecule has 0 aliphatic heterocycles. The number of imidazole rings is 1. The van der Waals surface area contributed by atoms with Crippen molar-refractivity contribution < 1.29 is 13.2 Å². The monoisotopic (exact) mass is 291 g/mol. The molecule has 2 N–H and O–H groups in total. The topological polar surface area (TPSA) is 43.8 Å². The normalized spacial score (nSPS) is 12.0. The van der Waals surface area contributed by atoms with E-state index < -0.39 is 12.0 Å². The van der Waals surface area contributed by atoms with Crippen LogP contribution < -0.4 is 5.73 Å². The van der Waals surface area contributed by atoms with Gasteiger partial charge in [-0.05, 0) is 23.8 Å². The minimum atomic E-state index is -4.51. The molecule has 0 aliphatic carbocycles. The van der Waals surface area contributed by atoms with Crippen molar-refractivity contribution in [1.82, 2.24) is 9.55 Å². The molecule has 0 unspecified atom stereocenters. The van der Waals surface area contributed by atoms with Gasteiger partial charge in [0.25, 0.3) is 0 Å². The van der Waals surface area contributed by atoms with Crippen LogP contribution in [0.2, 0.25) is 0 Å². The maximum atomic E-state index is 13.2. The Morgan fingerprint density at radius 2 is 1.76 bits per heavy atom. The number of aromatic nitrogens is 2. The summed E-state index contributed by atoms with van der Waals surface area (Å²) >= 11 is 0. The molecule has 0 fully saturated rings. The quantitative estimate of drug-likeness (QED) is 0.732. The molecule has 0 aliphatic rings. The van der Waals surface area contributed by atoms with E-state index in [0.717, 1.165) is 5.56 Å². The second-order valence-electron chi connectivity index (χ2n) is 4.75. The lowest BCUT2D eigenvalue weighted by Crippen LogP contribution is -2.15. The second kappa shape index (κ2) is 4.80. The molecule has 1 aromatic heterocycles. The number of nitrogens with zero attached hydrogens (tertiary/aromatic N) is 2. The Labute approximate surface area is 118 Å². The van der Waals surface area contributed by atoms with Crippen molar-refractivity contribution in [2.24, 2.45) is 0 Å². The molecule has 3 aromatic rings. The highest BCUT2D eigenvalue weighted by molar-refractivity contribution is 5.80. The Morgan fingerprint density at radius 1 is 1.05 bits per heavy atom. The molecule has 0 amide bonds. The molecular formula is C15H12F3N3. The van der Waals surface area contributed by atoms with E-state index in [4.69, 9.17) is 5.73 Å². The fourth-order valence-corrected chi connectivity index (χ4v) is 2.29. The van der Waals surface area contributed by atoms with Gasteiger partial charge in [0.05, 0.1) is 11.0 Å². The van der Waals surface area contributed by atoms with Crippen molar-refractivity contribution in [1.29, 1.82) is 0 Å². The fraction of sp³-hybridized carbons (Fsp3) is 0.133. The summed E-state index contributed by atoms with van der Waals surface area (Å²) in [7, 11) is 0. The van der Waals surface area contributed by atoms with Crippen LogP contribution in [0, 0.1) is 0 Å². The third kappa shape index (κ3) is 2.56. The molecule has 3 rings (SSSR count).